The molecule has 0 aromatic heterocycles. The van der Waals surface area contributed by atoms with E-state index >= 15 is 0 Å². The molecule has 0 aliphatic carbocycles. The molecule has 0 spiro atoms. The van der Waals surface area contributed by atoms with E-state index in [0.29, 0.717) is 0 Å². The third-order valence-corrected chi connectivity index (χ3v) is 2.43. The van der Waals surface area contributed by atoms with E-state index in [-0.39, 0.29) is 0 Å². The monoisotopic (exact) mass is 262 g/mol. The number of unbranched alkanes of at least 4 members (excludes halogenated alkanes) is 1. The molecule has 1 aromatic carbocycles. The van der Waals surface area contributed by atoms with Crippen molar-refractivity contribution in [1.82, 2.24) is 0 Å². The lowest BCUT2D eigenvalue weighted by atomic mass is 10.1. The van der Waals surface area contributed by atoms with Crippen molar-refractivity contribution >= 4 is 0 Å². The molecule has 0 aliphatic heterocycles. The second-order valence-corrected chi connectivity index (χ2v) is 3.94. The molecule has 0 atom stereocenters. The molecular weight excluding hydrogens is 232 g/mol. The van der Waals surface area contributed by atoms with Crippen LogP contribution in [-0.2, 0) is 11.2 Å². The minimum Gasteiger partial charge on any atom is -0.385 e. The molecule has 1 heteroatoms. The Hall–Kier alpha value is -1.26. The molecule has 0 saturated heterocycles. The fourth-order valence-electron chi connectivity index (χ4n) is 1.33. The van der Waals surface area contributed by atoms with E-state index in [1.165, 1.54) is 24.0 Å². The number of hydrogen-bond acceptors (Lipinski definition) is 1. The van der Waals surface area contributed by atoms with Gasteiger partial charge in [-0.2, -0.15) is 0 Å². The maximum Gasteiger partial charge on any atom is 0.0462 e. The van der Waals surface area contributed by atoms with Crippen LogP contribution in [0.3, 0.4) is 0 Å². The summed E-state index contributed by atoms with van der Waals surface area (Å²) in [5.41, 5.74) is 2.77. The second kappa shape index (κ2) is 16.7. The van der Waals surface area contributed by atoms with Crippen LogP contribution in [0.2, 0.25) is 0 Å². The standard InChI is InChI=1S/C12H18O.C4H6.C2H6/c1-11-6-8-12(9-7-11)5-3-4-10-13-2;1-3-4-2;1-2/h6-9H,3-5,10H2,1-2H3;1-2H3;1-2H3. The number of aryl methyl sites for hydroxylation is 2. The van der Waals surface area contributed by atoms with Gasteiger partial charge in [0.05, 0.1) is 0 Å². The first-order valence-electron chi connectivity index (χ1n) is 7.12. The third kappa shape index (κ3) is 14.7. The molecule has 19 heavy (non-hydrogen) atoms. The van der Waals surface area contributed by atoms with Crippen molar-refractivity contribution in [1.29, 1.82) is 0 Å². The molecule has 0 fully saturated rings. The van der Waals surface area contributed by atoms with Gasteiger partial charge in [0.1, 0.15) is 0 Å². The van der Waals surface area contributed by atoms with Crippen molar-refractivity contribution in [2.75, 3.05) is 13.7 Å². The van der Waals surface area contributed by atoms with Gasteiger partial charge < -0.3 is 4.74 Å². The Kier molecular flexibility index (Phi) is 17.7. The Morgan fingerprint density at radius 2 is 1.47 bits per heavy atom. The van der Waals surface area contributed by atoms with Gasteiger partial charge in [-0.3, -0.25) is 0 Å². The number of rotatable bonds is 5. The van der Waals surface area contributed by atoms with Crippen LogP contribution in [0.4, 0.5) is 0 Å². The maximum atomic E-state index is 5.00. The molecule has 0 radical (unpaired) electrons. The number of benzene rings is 1. The third-order valence-electron chi connectivity index (χ3n) is 2.43. The molecule has 108 valence electrons. The molecule has 0 unspecified atom stereocenters. The van der Waals surface area contributed by atoms with Crippen molar-refractivity contribution in [3.63, 3.8) is 0 Å². The largest absolute Gasteiger partial charge is 0.385 e. The Bertz CT molecular complexity index is 321. The lowest BCUT2D eigenvalue weighted by molar-refractivity contribution is 0.193. The van der Waals surface area contributed by atoms with Gasteiger partial charge in [-0.1, -0.05) is 43.7 Å². The Morgan fingerprint density at radius 3 is 1.89 bits per heavy atom. The molecule has 0 amide bonds. The summed E-state index contributed by atoms with van der Waals surface area (Å²) >= 11 is 0. The van der Waals surface area contributed by atoms with Crippen LogP contribution in [0.15, 0.2) is 24.3 Å². The summed E-state index contributed by atoms with van der Waals surface area (Å²) in [5.74, 6) is 5.36. The average Bonchev–Trinajstić information content (AvgIpc) is 2.48. The molecule has 0 N–H and O–H groups in total. The van der Waals surface area contributed by atoms with Crippen LogP contribution in [0, 0.1) is 18.8 Å². The van der Waals surface area contributed by atoms with Crippen molar-refractivity contribution in [2.24, 2.45) is 0 Å². The molecule has 0 bridgehead atoms. The lowest BCUT2D eigenvalue weighted by Crippen LogP contribution is -1.91. The van der Waals surface area contributed by atoms with Crippen molar-refractivity contribution in [2.45, 2.75) is 53.9 Å². The second-order valence-electron chi connectivity index (χ2n) is 3.94. The summed E-state index contributed by atoms with van der Waals surface area (Å²) in [7, 11) is 1.76. The van der Waals surface area contributed by atoms with Crippen molar-refractivity contribution < 1.29 is 4.74 Å². The maximum absolute atomic E-state index is 5.00. The molecule has 1 rings (SSSR count). The summed E-state index contributed by atoms with van der Waals surface area (Å²) in [4.78, 5) is 0. The first-order valence-corrected chi connectivity index (χ1v) is 7.12. The van der Waals surface area contributed by atoms with E-state index < -0.39 is 0 Å². The number of hydrogen-bond donors (Lipinski definition) is 0. The van der Waals surface area contributed by atoms with Crippen LogP contribution in [0.1, 0.15) is 51.7 Å². The Labute approximate surface area is 120 Å². The molecular formula is C18H30O. The van der Waals surface area contributed by atoms with E-state index in [1.54, 1.807) is 7.11 Å². The molecule has 1 aromatic rings. The van der Waals surface area contributed by atoms with Gasteiger partial charge >= 0.3 is 0 Å². The van der Waals surface area contributed by atoms with Gasteiger partial charge in [-0.25, -0.2) is 0 Å². The summed E-state index contributed by atoms with van der Waals surface area (Å²) in [6.07, 6.45) is 3.55. The SMILES string of the molecule is CC.CC#CC.COCCCCc1ccc(C)cc1. The smallest absolute Gasteiger partial charge is 0.0462 e. The first-order chi connectivity index (χ1) is 9.24. The van der Waals surface area contributed by atoms with E-state index in [4.69, 9.17) is 4.74 Å². The number of ether oxygens (including phenoxy) is 1. The summed E-state index contributed by atoms with van der Waals surface area (Å²) in [5, 5.41) is 0. The van der Waals surface area contributed by atoms with E-state index in [1.807, 2.05) is 27.7 Å². The van der Waals surface area contributed by atoms with E-state index in [0.717, 1.165) is 13.0 Å². The molecule has 0 aliphatic rings. The Balaban J connectivity index is 0. The summed E-state index contributed by atoms with van der Waals surface area (Å²) in [6, 6.07) is 8.77. The zero-order chi connectivity index (χ0) is 14.9. The van der Waals surface area contributed by atoms with E-state index in [9.17, 15) is 0 Å². The van der Waals surface area contributed by atoms with Gasteiger partial charge in [0, 0.05) is 13.7 Å². The highest BCUT2D eigenvalue weighted by atomic mass is 16.5. The van der Waals surface area contributed by atoms with Gasteiger partial charge in [-0.05, 0) is 45.6 Å². The van der Waals surface area contributed by atoms with Gasteiger partial charge in [-0.15, -0.1) is 11.8 Å². The highest BCUT2D eigenvalue weighted by Gasteiger charge is 1.92. The minimum absolute atomic E-state index is 0.881. The zero-order valence-corrected chi connectivity index (χ0v) is 13.5. The van der Waals surface area contributed by atoms with Gasteiger partial charge in [0.25, 0.3) is 0 Å². The van der Waals surface area contributed by atoms with Gasteiger partial charge in [0.15, 0.2) is 0 Å². The highest BCUT2D eigenvalue weighted by Crippen LogP contribution is 2.06. The first kappa shape index (κ1) is 20.1. The van der Waals surface area contributed by atoms with Crippen molar-refractivity contribution in [3.8, 4) is 11.8 Å². The normalized spacial score (nSPS) is 8.11. The molecule has 0 heterocycles. The summed E-state index contributed by atoms with van der Waals surface area (Å²) in [6.45, 7) is 10.6. The predicted molar refractivity (Wildman–Crippen MR) is 86.5 cm³/mol. The van der Waals surface area contributed by atoms with Crippen molar-refractivity contribution in [3.05, 3.63) is 35.4 Å². The highest BCUT2D eigenvalue weighted by molar-refractivity contribution is 5.21. The number of methoxy groups -OCH3 is 1. The minimum atomic E-state index is 0.881. The molecule has 1 nitrogen and oxygen atoms in total. The lowest BCUT2D eigenvalue weighted by Gasteiger charge is -2.01. The predicted octanol–water partition coefficient (Wildman–Crippen LogP) is 5.02. The van der Waals surface area contributed by atoms with E-state index in [2.05, 4.69) is 43.0 Å². The van der Waals surface area contributed by atoms with Crippen LogP contribution in [-0.4, -0.2) is 13.7 Å². The summed E-state index contributed by atoms with van der Waals surface area (Å²) < 4.78 is 5.00. The fraction of sp³-hybridized carbons (Fsp3) is 0.556. The Morgan fingerprint density at radius 1 is 0.947 bits per heavy atom. The van der Waals surface area contributed by atoms with Gasteiger partial charge in [0.2, 0.25) is 0 Å². The van der Waals surface area contributed by atoms with Crippen LogP contribution in [0.25, 0.3) is 0 Å². The average molecular weight is 262 g/mol. The van der Waals surface area contributed by atoms with Crippen LogP contribution in [0.5, 0.6) is 0 Å². The van der Waals surface area contributed by atoms with Crippen LogP contribution >= 0.6 is 0 Å². The zero-order valence-electron chi connectivity index (χ0n) is 13.5. The fourth-order valence-corrected chi connectivity index (χ4v) is 1.33. The molecule has 0 saturated carbocycles. The quantitative estimate of drug-likeness (QED) is 0.535. The topological polar surface area (TPSA) is 9.23 Å². The van der Waals surface area contributed by atoms with Crippen LogP contribution < -0.4 is 0 Å².